The van der Waals surface area contributed by atoms with Gasteiger partial charge in [-0.1, -0.05) is 11.6 Å². The summed E-state index contributed by atoms with van der Waals surface area (Å²) in [4.78, 5) is 21.9. The second-order valence-electron chi connectivity index (χ2n) is 5.87. The standard InChI is InChI=1S/C14H20ClN5O/c15-11-7-13(19-14(18-11)9-1-2-9)17-10-3-5-20(6-4-10)8-12(16)21/h7,9-10H,1-6,8H2,(H2,16,21)(H,17,18,19). The van der Waals surface area contributed by atoms with E-state index in [0.29, 0.717) is 23.7 Å². The number of halogens is 1. The van der Waals surface area contributed by atoms with Gasteiger partial charge in [-0.15, -0.1) is 0 Å². The van der Waals surface area contributed by atoms with Crippen LogP contribution in [0.5, 0.6) is 0 Å². The molecule has 2 fully saturated rings. The number of primary amides is 1. The lowest BCUT2D eigenvalue weighted by Crippen LogP contribution is -2.43. The van der Waals surface area contributed by atoms with Crippen molar-refractivity contribution < 1.29 is 4.79 Å². The van der Waals surface area contributed by atoms with Crippen LogP contribution in [0.15, 0.2) is 6.07 Å². The zero-order valence-electron chi connectivity index (χ0n) is 11.9. The number of nitrogens with one attached hydrogen (secondary N) is 1. The predicted molar refractivity (Wildman–Crippen MR) is 81.3 cm³/mol. The maximum atomic E-state index is 10.9. The van der Waals surface area contributed by atoms with Gasteiger partial charge in [-0.25, -0.2) is 9.97 Å². The van der Waals surface area contributed by atoms with E-state index in [-0.39, 0.29) is 5.91 Å². The molecule has 1 aromatic rings. The number of hydrogen-bond donors (Lipinski definition) is 2. The van der Waals surface area contributed by atoms with Crippen molar-refractivity contribution in [2.75, 3.05) is 25.0 Å². The number of aromatic nitrogens is 2. The van der Waals surface area contributed by atoms with Gasteiger partial charge in [-0.2, -0.15) is 0 Å². The lowest BCUT2D eigenvalue weighted by Gasteiger charge is -2.31. The minimum atomic E-state index is -0.266. The molecule has 1 aliphatic carbocycles. The van der Waals surface area contributed by atoms with Crippen LogP contribution in [0, 0.1) is 0 Å². The van der Waals surface area contributed by atoms with Gasteiger partial charge in [0.1, 0.15) is 16.8 Å². The quantitative estimate of drug-likeness (QED) is 0.803. The minimum absolute atomic E-state index is 0.266. The van der Waals surface area contributed by atoms with Crippen molar-refractivity contribution in [1.82, 2.24) is 14.9 Å². The highest BCUT2D eigenvalue weighted by atomic mass is 35.5. The van der Waals surface area contributed by atoms with Gasteiger partial charge < -0.3 is 11.1 Å². The number of carbonyl (C=O) groups excluding carboxylic acids is 1. The van der Waals surface area contributed by atoms with Crippen LogP contribution in [0.25, 0.3) is 0 Å². The summed E-state index contributed by atoms with van der Waals surface area (Å²) in [6.07, 6.45) is 4.25. The van der Waals surface area contributed by atoms with Crippen molar-refractivity contribution >= 4 is 23.3 Å². The summed E-state index contributed by atoms with van der Waals surface area (Å²) in [5.74, 6) is 1.89. The Balaban J connectivity index is 1.56. The first-order valence-corrected chi connectivity index (χ1v) is 7.79. The fraction of sp³-hybridized carbons (Fsp3) is 0.643. The van der Waals surface area contributed by atoms with E-state index in [0.717, 1.165) is 50.4 Å². The smallest absolute Gasteiger partial charge is 0.231 e. The molecule has 0 radical (unpaired) electrons. The molecule has 0 spiro atoms. The topological polar surface area (TPSA) is 84.1 Å². The summed E-state index contributed by atoms with van der Waals surface area (Å²) >= 11 is 6.07. The van der Waals surface area contributed by atoms with E-state index >= 15 is 0 Å². The lowest BCUT2D eigenvalue weighted by molar-refractivity contribution is -0.119. The summed E-state index contributed by atoms with van der Waals surface area (Å²) in [6, 6.07) is 2.13. The van der Waals surface area contributed by atoms with Gasteiger partial charge in [-0.3, -0.25) is 9.69 Å². The maximum absolute atomic E-state index is 10.9. The van der Waals surface area contributed by atoms with Gasteiger partial charge in [0.05, 0.1) is 6.54 Å². The van der Waals surface area contributed by atoms with Crippen LogP contribution in [0.1, 0.15) is 37.4 Å². The highest BCUT2D eigenvalue weighted by Gasteiger charge is 2.27. The monoisotopic (exact) mass is 309 g/mol. The summed E-state index contributed by atoms with van der Waals surface area (Å²) in [6.45, 7) is 2.09. The number of amides is 1. The Morgan fingerprint density at radius 1 is 1.33 bits per heavy atom. The van der Waals surface area contributed by atoms with E-state index in [1.54, 1.807) is 6.07 Å². The molecule has 3 N–H and O–H groups in total. The normalized spacial score (nSPS) is 20.4. The molecule has 21 heavy (non-hydrogen) atoms. The highest BCUT2D eigenvalue weighted by molar-refractivity contribution is 6.29. The molecule has 0 unspecified atom stereocenters. The van der Waals surface area contributed by atoms with Crippen LogP contribution >= 0.6 is 11.6 Å². The molecule has 0 aromatic carbocycles. The Morgan fingerprint density at radius 2 is 2.05 bits per heavy atom. The molecular weight excluding hydrogens is 290 g/mol. The molecule has 1 saturated heterocycles. The highest BCUT2D eigenvalue weighted by Crippen LogP contribution is 2.38. The average Bonchev–Trinajstić information content (AvgIpc) is 3.24. The van der Waals surface area contributed by atoms with Crippen molar-refractivity contribution in [2.24, 2.45) is 5.73 Å². The van der Waals surface area contributed by atoms with Gasteiger partial charge in [0.15, 0.2) is 0 Å². The first kappa shape index (κ1) is 14.5. The molecular formula is C14H20ClN5O. The van der Waals surface area contributed by atoms with Crippen molar-refractivity contribution in [3.05, 3.63) is 17.0 Å². The fourth-order valence-electron chi connectivity index (χ4n) is 2.70. The molecule has 0 bridgehead atoms. The lowest BCUT2D eigenvalue weighted by atomic mass is 10.1. The molecule has 2 aliphatic rings. The Hall–Kier alpha value is -1.40. The predicted octanol–water partition coefficient (Wildman–Crippen LogP) is 1.37. The molecule has 114 valence electrons. The number of hydrogen-bond acceptors (Lipinski definition) is 5. The van der Waals surface area contributed by atoms with Crippen LogP contribution in [-0.4, -0.2) is 46.5 Å². The molecule has 0 atom stereocenters. The van der Waals surface area contributed by atoms with Crippen LogP contribution < -0.4 is 11.1 Å². The molecule has 2 heterocycles. The number of nitrogens with zero attached hydrogens (tertiary/aromatic N) is 3. The van der Waals surface area contributed by atoms with E-state index in [1.165, 1.54) is 0 Å². The van der Waals surface area contributed by atoms with Crippen molar-refractivity contribution in [2.45, 2.75) is 37.6 Å². The summed E-state index contributed by atoms with van der Waals surface area (Å²) in [5, 5.41) is 3.94. The van der Waals surface area contributed by atoms with Gasteiger partial charge in [0.25, 0.3) is 0 Å². The summed E-state index contributed by atoms with van der Waals surface area (Å²) in [5.41, 5.74) is 5.22. The Morgan fingerprint density at radius 3 is 2.67 bits per heavy atom. The largest absolute Gasteiger partial charge is 0.369 e. The molecule has 6 nitrogen and oxygen atoms in total. The van der Waals surface area contributed by atoms with Gasteiger partial charge in [-0.05, 0) is 25.7 Å². The first-order chi connectivity index (χ1) is 10.1. The zero-order valence-corrected chi connectivity index (χ0v) is 12.6. The Kier molecular flexibility index (Phi) is 4.26. The third kappa shape index (κ3) is 4.04. The van der Waals surface area contributed by atoms with Gasteiger partial charge >= 0.3 is 0 Å². The molecule has 1 aliphatic heterocycles. The van der Waals surface area contributed by atoms with E-state index in [9.17, 15) is 4.79 Å². The SMILES string of the molecule is NC(=O)CN1CCC(Nc2cc(Cl)nc(C3CC3)n2)CC1. The van der Waals surface area contributed by atoms with Crippen molar-refractivity contribution in [1.29, 1.82) is 0 Å². The van der Waals surface area contributed by atoms with Crippen LogP contribution in [0.2, 0.25) is 5.15 Å². The molecule has 7 heteroatoms. The minimum Gasteiger partial charge on any atom is -0.369 e. The van der Waals surface area contributed by atoms with Crippen molar-refractivity contribution in [3.63, 3.8) is 0 Å². The van der Waals surface area contributed by atoms with Crippen molar-refractivity contribution in [3.8, 4) is 0 Å². The van der Waals surface area contributed by atoms with Crippen LogP contribution in [-0.2, 0) is 4.79 Å². The first-order valence-electron chi connectivity index (χ1n) is 7.42. The Labute approximate surface area is 129 Å². The molecule has 1 saturated carbocycles. The number of likely N-dealkylation sites (tertiary alicyclic amines) is 1. The number of anilines is 1. The van der Waals surface area contributed by atoms with E-state index in [1.807, 2.05) is 0 Å². The average molecular weight is 310 g/mol. The van der Waals surface area contributed by atoms with E-state index < -0.39 is 0 Å². The zero-order chi connectivity index (χ0) is 14.8. The van der Waals surface area contributed by atoms with Gasteiger partial charge in [0, 0.05) is 31.1 Å². The second-order valence-corrected chi connectivity index (χ2v) is 6.26. The summed E-state index contributed by atoms with van der Waals surface area (Å²) < 4.78 is 0. The molecule has 3 rings (SSSR count). The van der Waals surface area contributed by atoms with Gasteiger partial charge in [0.2, 0.25) is 5.91 Å². The molecule has 1 amide bonds. The fourth-order valence-corrected chi connectivity index (χ4v) is 2.89. The molecule has 1 aromatic heterocycles. The summed E-state index contributed by atoms with van der Waals surface area (Å²) in [7, 11) is 0. The maximum Gasteiger partial charge on any atom is 0.231 e. The number of carbonyl (C=O) groups is 1. The van der Waals surface area contributed by atoms with E-state index in [2.05, 4.69) is 20.2 Å². The second kappa shape index (κ2) is 6.15. The van der Waals surface area contributed by atoms with E-state index in [4.69, 9.17) is 17.3 Å². The third-order valence-electron chi connectivity index (χ3n) is 3.97. The number of rotatable bonds is 5. The number of piperidine rings is 1. The third-order valence-corrected chi connectivity index (χ3v) is 4.17. The van der Waals surface area contributed by atoms with Crippen LogP contribution in [0.3, 0.4) is 0 Å². The Bertz CT molecular complexity index is 526. The van der Waals surface area contributed by atoms with Crippen LogP contribution in [0.4, 0.5) is 5.82 Å². The number of nitrogens with two attached hydrogens (primary N) is 1.